The molecule has 1 saturated carbocycles. The summed E-state index contributed by atoms with van der Waals surface area (Å²) in [5.41, 5.74) is 0. The van der Waals surface area contributed by atoms with Crippen LogP contribution in [0.3, 0.4) is 0 Å². The van der Waals surface area contributed by atoms with Crippen molar-refractivity contribution in [3.8, 4) is 0 Å². The van der Waals surface area contributed by atoms with E-state index in [2.05, 4.69) is 0 Å². The van der Waals surface area contributed by atoms with E-state index in [4.69, 9.17) is 16.3 Å². The molecule has 1 fully saturated rings. The predicted molar refractivity (Wildman–Crippen MR) is 39.0 cm³/mol. The normalized spacial score (nSPS) is 32.2. The first-order valence-corrected chi connectivity index (χ1v) is 3.95. The van der Waals surface area contributed by atoms with Crippen molar-refractivity contribution in [1.82, 2.24) is 0 Å². The van der Waals surface area contributed by atoms with Gasteiger partial charge in [0.1, 0.15) is 6.10 Å². The number of hydrogen-bond donors (Lipinski definition) is 0. The van der Waals surface area contributed by atoms with Gasteiger partial charge in [0, 0.05) is 6.92 Å². The molecule has 0 aromatic rings. The molecule has 2 nitrogen and oxygen atoms in total. The average molecular weight is 163 g/mol. The van der Waals surface area contributed by atoms with Gasteiger partial charge in [-0.1, -0.05) is 0 Å². The van der Waals surface area contributed by atoms with Crippen molar-refractivity contribution in [2.45, 2.75) is 37.7 Å². The Bertz CT molecular complexity index is 136. The Labute approximate surface area is 65.5 Å². The first kappa shape index (κ1) is 7.86. The second-order valence-corrected chi connectivity index (χ2v) is 3.16. The molecule has 10 heavy (non-hydrogen) atoms. The second-order valence-electron chi connectivity index (χ2n) is 2.59. The Morgan fingerprint density at radius 3 is 2.70 bits per heavy atom. The molecule has 0 saturated heterocycles. The van der Waals surface area contributed by atoms with Crippen LogP contribution in [-0.4, -0.2) is 17.5 Å². The van der Waals surface area contributed by atoms with E-state index in [1.54, 1.807) is 0 Å². The quantitative estimate of drug-likeness (QED) is 0.434. The Kier molecular flexibility index (Phi) is 2.55. The van der Waals surface area contributed by atoms with Gasteiger partial charge in [-0.2, -0.15) is 0 Å². The maximum atomic E-state index is 10.5. The first-order valence-electron chi connectivity index (χ1n) is 3.51. The van der Waals surface area contributed by atoms with E-state index < -0.39 is 0 Å². The minimum Gasteiger partial charge on any atom is -0.461 e. The zero-order valence-electron chi connectivity index (χ0n) is 5.97. The van der Waals surface area contributed by atoms with Crippen LogP contribution in [0.4, 0.5) is 0 Å². The van der Waals surface area contributed by atoms with Crippen LogP contribution in [0, 0.1) is 0 Å². The number of rotatable bonds is 1. The molecular formula is C7H11ClO2. The number of hydrogen-bond acceptors (Lipinski definition) is 2. The van der Waals surface area contributed by atoms with Gasteiger partial charge in [-0.05, 0) is 19.3 Å². The third-order valence-electron chi connectivity index (χ3n) is 1.69. The third kappa shape index (κ3) is 1.87. The molecule has 0 unspecified atom stereocenters. The van der Waals surface area contributed by atoms with E-state index in [0.717, 1.165) is 19.3 Å². The smallest absolute Gasteiger partial charge is 0.302 e. The van der Waals surface area contributed by atoms with Gasteiger partial charge < -0.3 is 4.74 Å². The van der Waals surface area contributed by atoms with Gasteiger partial charge in [-0.3, -0.25) is 4.79 Å². The predicted octanol–water partition coefficient (Wildman–Crippen LogP) is 1.71. The number of carbonyl (C=O) groups excluding carboxylic acids is 1. The molecule has 0 radical (unpaired) electrons. The van der Waals surface area contributed by atoms with Crippen LogP contribution in [0.2, 0.25) is 0 Å². The molecule has 1 aliphatic carbocycles. The topological polar surface area (TPSA) is 26.3 Å². The summed E-state index contributed by atoms with van der Waals surface area (Å²) in [4.78, 5) is 10.5. The third-order valence-corrected chi connectivity index (χ3v) is 2.19. The summed E-state index contributed by atoms with van der Waals surface area (Å²) in [7, 11) is 0. The highest BCUT2D eigenvalue weighted by molar-refractivity contribution is 6.21. The molecule has 3 heteroatoms. The van der Waals surface area contributed by atoms with Crippen molar-refractivity contribution in [2.75, 3.05) is 0 Å². The van der Waals surface area contributed by atoms with Gasteiger partial charge in [0.25, 0.3) is 0 Å². The van der Waals surface area contributed by atoms with Crippen LogP contribution in [0.25, 0.3) is 0 Å². The zero-order chi connectivity index (χ0) is 7.56. The zero-order valence-corrected chi connectivity index (χ0v) is 6.73. The summed E-state index contributed by atoms with van der Waals surface area (Å²) in [6.07, 6.45) is 2.94. The molecule has 0 aliphatic heterocycles. The Morgan fingerprint density at radius 2 is 2.30 bits per heavy atom. The van der Waals surface area contributed by atoms with Crippen molar-refractivity contribution >= 4 is 17.6 Å². The number of carbonyl (C=O) groups is 1. The maximum Gasteiger partial charge on any atom is 0.302 e. The maximum absolute atomic E-state index is 10.5. The fourth-order valence-corrected chi connectivity index (χ4v) is 1.56. The van der Waals surface area contributed by atoms with Gasteiger partial charge in [-0.15, -0.1) is 11.6 Å². The van der Waals surface area contributed by atoms with E-state index in [9.17, 15) is 4.79 Å². The highest BCUT2D eigenvalue weighted by atomic mass is 35.5. The van der Waals surface area contributed by atoms with Gasteiger partial charge >= 0.3 is 5.97 Å². The monoisotopic (exact) mass is 162 g/mol. The molecule has 2 atom stereocenters. The molecule has 58 valence electrons. The second kappa shape index (κ2) is 3.24. The van der Waals surface area contributed by atoms with Crippen LogP contribution >= 0.6 is 11.6 Å². The summed E-state index contributed by atoms with van der Waals surface area (Å²) in [5, 5.41) is 0.0453. The van der Waals surface area contributed by atoms with E-state index >= 15 is 0 Å². The molecule has 0 amide bonds. The largest absolute Gasteiger partial charge is 0.461 e. The highest BCUT2D eigenvalue weighted by Gasteiger charge is 2.27. The average Bonchev–Trinajstić information content (AvgIpc) is 2.15. The molecule has 0 bridgehead atoms. The van der Waals surface area contributed by atoms with Crippen LogP contribution in [0.15, 0.2) is 0 Å². The van der Waals surface area contributed by atoms with E-state index in [0.29, 0.717) is 0 Å². The number of ether oxygens (including phenoxy) is 1. The standard InChI is InChI=1S/C7H11ClO2/c1-5(9)10-7-4-2-3-6(7)8/h6-7H,2-4H2,1H3/t6-,7-/m1/s1. The van der Waals surface area contributed by atoms with Gasteiger partial charge in [-0.25, -0.2) is 0 Å². The molecule has 0 spiro atoms. The lowest BCUT2D eigenvalue weighted by atomic mass is 10.3. The van der Waals surface area contributed by atoms with Crippen molar-refractivity contribution in [2.24, 2.45) is 0 Å². The van der Waals surface area contributed by atoms with Crippen LogP contribution < -0.4 is 0 Å². The van der Waals surface area contributed by atoms with Gasteiger partial charge in [0.15, 0.2) is 0 Å². The van der Waals surface area contributed by atoms with E-state index in [1.165, 1.54) is 6.92 Å². The van der Waals surface area contributed by atoms with E-state index in [-0.39, 0.29) is 17.5 Å². The van der Waals surface area contributed by atoms with Crippen LogP contribution in [0.1, 0.15) is 26.2 Å². The lowest BCUT2D eigenvalue weighted by Crippen LogP contribution is -2.20. The fourth-order valence-electron chi connectivity index (χ4n) is 1.23. The number of halogens is 1. The molecule has 0 heterocycles. The molecule has 1 aliphatic rings. The molecule has 0 aromatic carbocycles. The lowest BCUT2D eigenvalue weighted by molar-refractivity contribution is -0.145. The molecule has 0 N–H and O–H groups in total. The number of alkyl halides is 1. The first-order chi connectivity index (χ1) is 4.70. The van der Waals surface area contributed by atoms with Crippen LogP contribution in [-0.2, 0) is 9.53 Å². The summed E-state index contributed by atoms with van der Waals surface area (Å²) >= 11 is 5.85. The molecular weight excluding hydrogens is 152 g/mol. The van der Waals surface area contributed by atoms with E-state index in [1.807, 2.05) is 0 Å². The minimum absolute atomic E-state index is 0.0285. The summed E-state index contributed by atoms with van der Waals surface area (Å²) in [6.45, 7) is 1.42. The molecule has 1 rings (SSSR count). The minimum atomic E-state index is -0.224. The summed E-state index contributed by atoms with van der Waals surface area (Å²) in [5.74, 6) is -0.224. The van der Waals surface area contributed by atoms with Crippen LogP contribution in [0.5, 0.6) is 0 Å². The van der Waals surface area contributed by atoms with Crippen molar-refractivity contribution < 1.29 is 9.53 Å². The SMILES string of the molecule is CC(=O)O[C@@H]1CCC[C@H]1Cl. The highest BCUT2D eigenvalue weighted by Crippen LogP contribution is 2.26. The summed E-state index contributed by atoms with van der Waals surface area (Å²) < 4.78 is 4.95. The Morgan fingerprint density at radius 1 is 1.60 bits per heavy atom. The molecule has 0 aromatic heterocycles. The van der Waals surface area contributed by atoms with Crippen molar-refractivity contribution in [3.63, 3.8) is 0 Å². The van der Waals surface area contributed by atoms with Crippen molar-refractivity contribution in [3.05, 3.63) is 0 Å². The fraction of sp³-hybridized carbons (Fsp3) is 0.857. The lowest BCUT2D eigenvalue weighted by Gasteiger charge is -2.12. The Hall–Kier alpha value is -0.240. The van der Waals surface area contributed by atoms with Gasteiger partial charge in [0.05, 0.1) is 5.38 Å². The van der Waals surface area contributed by atoms with Crippen molar-refractivity contribution in [1.29, 1.82) is 0 Å². The Balaban J connectivity index is 2.33. The number of esters is 1. The van der Waals surface area contributed by atoms with Gasteiger partial charge in [0.2, 0.25) is 0 Å². The summed E-state index contributed by atoms with van der Waals surface area (Å²) in [6, 6.07) is 0.